The van der Waals surface area contributed by atoms with Crippen molar-refractivity contribution in [1.29, 1.82) is 5.26 Å². The van der Waals surface area contributed by atoms with Gasteiger partial charge in [0.15, 0.2) is 0 Å². The fourth-order valence-electron chi connectivity index (χ4n) is 4.55. The predicted octanol–water partition coefficient (Wildman–Crippen LogP) is 2.78. The van der Waals surface area contributed by atoms with Gasteiger partial charge in [-0.25, -0.2) is 9.78 Å². The Morgan fingerprint density at radius 3 is 2.87 bits per heavy atom. The number of urea groups is 1. The lowest BCUT2D eigenvalue weighted by Gasteiger charge is -2.33. The minimum Gasteiger partial charge on any atom is -0.481 e. The smallest absolute Gasteiger partial charge is 0.328 e. The number of ether oxygens (including phenoxy) is 1. The van der Waals surface area contributed by atoms with E-state index in [4.69, 9.17) is 9.72 Å². The number of nitrogens with one attached hydrogen (secondary N) is 2. The molecule has 0 saturated carbocycles. The Balaban J connectivity index is 1.51. The molecule has 3 amide bonds. The third-order valence-electron chi connectivity index (χ3n) is 6.54. The molecule has 12 heteroatoms. The van der Waals surface area contributed by atoms with Crippen LogP contribution in [0, 0.1) is 11.3 Å². The van der Waals surface area contributed by atoms with Crippen molar-refractivity contribution in [1.82, 2.24) is 19.8 Å². The van der Waals surface area contributed by atoms with E-state index in [0.29, 0.717) is 61.5 Å². The fraction of sp³-hybridized carbons (Fsp3) is 0.500. The number of piperazine rings is 1. The maximum Gasteiger partial charge on any atom is 0.328 e. The molecule has 1 fully saturated rings. The van der Waals surface area contributed by atoms with Gasteiger partial charge in [-0.1, -0.05) is 6.92 Å². The third-order valence-corrected chi connectivity index (χ3v) is 7.44. The van der Waals surface area contributed by atoms with Crippen LogP contribution in [0.3, 0.4) is 0 Å². The van der Waals surface area contributed by atoms with Gasteiger partial charge in [-0.3, -0.25) is 19.9 Å². The van der Waals surface area contributed by atoms with Crippen LogP contribution in [0.5, 0.6) is 5.88 Å². The molecule has 0 spiro atoms. The van der Waals surface area contributed by atoms with Crippen molar-refractivity contribution in [2.75, 3.05) is 73.9 Å². The van der Waals surface area contributed by atoms with Crippen molar-refractivity contribution in [2.45, 2.75) is 26.3 Å². The van der Waals surface area contributed by atoms with Crippen molar-refractivity contribution < 1.29 is 14.3 Å². The first-order valence-electron chi connectivity index (χ1n) is 12.8. The molecule has 0 radical (unpaired) electrons. The van der Waals surface area contributed by atoms with Crippen molar-refractivity contribution in [3.05, 3.63) is 35.0 Å². The van der Waals surface area contributed by atoms with Gasteiger partial charge >= 0.3 is 6.03 Å². The Hall–Kier alpha value is -3.56. The molecule has 11 nitrogen and oxygen atoms in total. The molecule has 2 N–H and O–H groups in total. The molecule has 4 rings (SSSR count). The van der Waals surface area contributed by atoms with E-state index < -0.39 is 0 Å². The number of methoxy groups -OCH3 is 1. The van der Waals surface area contributed by atoms with Gasteiger partial charge in [0.2, 0.25) is 11.8 Å². The number of rotatable bonds is 9. The van der Waals surface area contributed by atoms with Crippen LogP contribution in [0.1, 0.15) is 30.0 Å². The average Bonchev–Trinajstić information content (AvgIpc) is 2.92. The van der Waals surface area contributed by atoms with Crippen LogP contribution in [0.15, 0.2) is 18.3 Å². The minimum absolute atomic E-state index is 0.0763. The van der Waals surface area contributed by atoms with Gasteiger partial charge in [0.25, 0.3) is 0 Å². The van der Waals surface area contributed by atoms with Gasteiger partial charge in [-0.05, 0) is 37.3 Å². The second-order valence-electron chi connectivity index (χ2n) is 9.23. The predicted molar refractivity (Wildman–Crippen MR) is 149 cm³/mol. The van der Waals surface area contributed by atoms with Gasteiger partial charge in [0, 0.05) is 49.8 Å². The van der Waals surface area contributed by atoms with Crippen molar-refractivity contribution in [3.8, 4) is 11.9 Å². The number of amides is 3. The number of pyridine rings is 2. The highest BCUT2D eigenvalue weighted by atomic mass is 32.2. The molecule has 38 heavy (non-hydrogen) atoms. The van der Waals surface area contributed by atoms with Crippen molar-refractivity contribution in [2.24, 2.45) is 0 Å². The Morgan fingerprint density at radius 1 is 1.29 bits per heavy atom. The molecule has 2 aliphatic rings. The molecular weight excluding hydrogens is 504 g/mol. The highest BCUT2D eigenvalue weighted by molar-refractivity contribution is 7.99. The molecule has 202 valence electrons. The summed E-state index contributed by atoms with van der Waals surface area (Å²) in [4.78, 5) is 40.2. The largest absolute Gasteiger partial charge is 0.481 e. The standard InChI is InChI=1S/C26H34N8O3S/c1-4-38-11-7-28-21-13-22(29-15-20(21)14-27)30-26(36)34-8-5-6-18-12-19(25(37-3)31-24(18)34)16-33-10-9-32(2)17-23(33)35/h12-13,15H,4-11,16-17H2,1-3H3,(H2,28,29,30,36). The first-order valence-corrected chi connectivity index (χ1v) is 13.9. The van der Waals surface area contributed by atoms with Crippen LogP contribution >= 0.6 is 11.8 Å². The number of thioether (sulfide) groups is 1. The normalized spacial score (nSPS) is 15.6. The van der Waals surface area contributed by atoms with E-state index in [2.05, 4.69) is 28.6 Å². The van der Waals surface area contributed by atoms with Gasteiger partial charge in [-0.15, -0.1) is 0 Å². The number of aryl methyl sites for hydroxylation is 1. The number of anilines is 3. The first-order chi connectivity index (χ1) is 18.4. The number of hydrogen-bond acceptors (Lipinski definition) is 9. The van der Waals surface area contributed by atoms with E-state index in [1.807, 2.05) is 22.9 Å². The molecule has 0 bridgehead atoms. The number of nitriles is 1. The number of carbonyl (C=O) groups excluding carboxylic acids is 2. The fourth-order valence-corrected chi connectivity index (χ4v) is 5.09. The summed E-state index contributed by atoms with van der Waals surface area (Å²) in [5.74, 6) is 3.31. The Bertz CT molecular complexity index is 1220. The first kappa shape index (κ1) is 27.5. The van der Waals surface area contributed by atoms with Crippen molar-refractivity contribution in [3.63, 3.8) is 0 Å². The molecule has 2 aromatic rings. The lowest BCUT2D eigenvalue weighted by molar-refractivity contribution is -0.136. The molecule has 2 aromatic heterocycles. The zero-order valence-corrected chi connectivity index (χ0v) is 22.9. The van der Waals surface area contributed by atoms with E-state index in [9.17, 15) is 14.9 Å². The Morgan fingerprint density at radius 2 is 2.13 bits per heavy atom. The van der Waals surface area contributed by atoms with E-state index in [0.717, 1.165) is 42.0 Å². The van der Waals surface area contributed by atoms with E-state index >= 15 is 0 Å². The van der Waals surface area contributed by atoms with Crippen LogP contribution < -0.4 is 20.3 Å². The summed E-state index contributed by atoms with van der Waals surface area (Å²) in [5.41, 5.74) is 2.83. The Kier molecular flexibility index (Phi) is 9.25. The number of carbonyl (C=O) groups is 2. The molecule has 0 aliphatic carbocycles. The highest BCUT2D eigenvalue weighted by Crippen LogP contribution is 2.32. The summed E-state index contributed by atoms with van der Waals surface area (Å²) in [7, 11) is 3.48. The average molecular weight is 539 g/mol. The Labute approximate surface area is 227 Å². The van der Waals surface area contributed by atoms with E-state index in [-0.39, 0.29) is 11.9 Å². The molecule has 1 saturated heterocycles. The van der Waals surface area contributed by atoms with Crippen LogP contribution in [-0.2, 0) is 17.8 Å². The zero-order valence-electron chi connectivity index (χ0n) is 22.1. The molecule has 0 atom stereocenters. The van der Waals surface area contributed by atoms with E-state index in [1.54, 1.807) is 29.8 Å². The number of fused-ring (bicyclic) bond motifs is 1. The van der Waals surface area contributed by atoms with Crippen LogP contribution in [0.2, 0.25) is 0 Å². The SMILES string of the molecule is CCSCCNc1cc(NC(=O)N2CCCc3cc(CN4CCN(C)CC4=O)c(OC)nc32)ncc1C#N. The van der Waals surface area contributed by atoms with Crippen LogP contribution in [-0.4, -0.2) is 90.1 Å². The van der Waals surface area contributed by atoms with Crippen LogP contribution in [0.4, 0.5) is 22.1 Å². The monoisotopic (exact) mass is 538 g/mol. The third kappa shape index (κ3) is 6.46. The molecule has 2 aliphatic heterocycles. The number of aromatic nitrogens is 2. The summed E-state index contributed by atoms with van der Waals surface area (Å²) in [6.45, 7) is 5.59. The summed E-state index contributed by atoms with van der Waals surface area (Å²) in [6, 6.07) is 5.47. The lowest BCUT2D eigenvalue weighted by atomic mass is 10.0. The number of hydrogen-bond donors (Lipinski definition) is 2. The number of likely N-dealkylation sites (N-methyl/N-ethyl adjacent to an activating group) is 1. The molecular formula is C26H34N8O3S. The maximum atomic E-state index is 13.3. The second kappa shape index (κ2) is 12.8. The summed E-state index contributed by atoms with van der Waals surface area (Å²) in [6.07, 6.45) is 3.02. The maximum absolute atomic E-state index is 13.3. The van der Waals surface area contributed by atoms with Crippen LogP contribution in [0.25, 0.3) is 0 Å². The quantitative estimate of drug-likeness (QED) is 0.463. The molecule has 4 heterocycles. The topological polar surface area (TPSA) is 127 Å². The summed E-state index contributed by atoms with van der Waals surface area (Å²) in [5, 5.41) is 15.6. The lowest BCUT2D eigenvalue weighted by Crippen LogP contribution is -2.48. The molecule has 0 unspecified atom stereocenters. The summed E-state index contributed by atoms with van der Waals surface area (Å²) >= 11 is 1.81. The van der Waals surface area contributed by atoms with Gasteiger partial charge in [-0.2, -0.15) is 22.0 Å². The minimum atomic E-state index is -0.354. The van der Waals surface area contributed by atoms with Gasteiger partial charge in [0.05, 0.1) is 31.5 Å². The zero-order chi connectivity index (χ0) is 27.1. The van der Waals surface area contributed by atoms with Gasteiger partial charge in [0.1, 0.15) is 17.7 Å². The summed E-state index contributed by atoms with van der Waals surface area (Å²) < 4.78 is 5.58. The van der Waals surface area contributed by atoms with E-state index in [1.165, 1.54) is 6.20 Å². The highest BCUT2D eigenvalue weighted by Gasteiger charge is 2.28. The molecule has 0 aromatic carbocycles. The number of nitrogens with zero attached hydrogens (tertiary/aromatic N) is 6. The van der Waals surface area contributed by atoms with Crippen molar-refractivity contribution >= 4 is 41.0 Å². The van der Waals surface area contributed by atoms with Gasteiger partial charge < -0.3 is 15.0 Å². The second-order valence-corrected chi connectivity index (χ2v) is 10.6.